The lowest BCUT2D eigenvalue weighted by Crippen LogP contribution is -2.47. The van der Waals surface area contributed by atoms with Gasteiger partial charge in [0.1, 0.15) is 0 Å². The first kappa shape index (κ1) is 20.4. The summed E-state index contributed by atoms with van der Waals surface area (Å²) < 4.78 is 5.21. The first-order valence-corrected chi connectivity index (χ1v) is 9.06. The van der Waals surface area contributed by atoms with Crippen LogP contribution >= 0.6 is 11.3 Å². The molecule has 1 aromatic rings. The molecule has 6 heteroatoms. The maximum atomic E-state index is 12.4. The number of carbonyl (C=O) groups is 3. The van der Waals surface area contributed by atoms with Crippen molar-refractivity contribution in [3.63, 3.8) is 0 Å². The number of ketones is 1. The molecule has 134 valence electrons. The van der Waals surface area contributed by atoms with Gasteiger partial charge in [0.25, 0.3) is 5.91 Å². The second kappa shape index (κ2) is 8.97. The first-order valence-electron chi connectivity index (χ1n) is 8.24. The minimum absolute atomic E-state index is 0.0171. The van der Waals surface area contributed by atoms with Crippen LogP contribution in [0.2, 0.25) is 0 Å². The maximum absolute atomic E-state index is 12.4. The number of esters is 1. The molecule has 0 aliphatic rings. The average Bonchev–Trinajstić information content (AvgIpc) is 2.90. The third kappa shape index (κ3) is 5.74. The van der Waals surface area contributed by atoms with Gasteiger partial charge in [-0.15, -0.1) is 11.3 Å². The topological polar surface area (TPSA) is 63.7 Å². The Labute approximate surface area is 148 Å². The van der Waals surface area contributed by atoms with Crippen LogP contribution in [0, 0.1) is 6.92 Å². The highest BCUT2D eigenvalue weighted by Gasteiger charge is 2.27. The Hall–Kier alpha value is -1.69. The largest absolute Gasteiger partial charge is 0.453 e. The fraction of sp³-hybridized carbons (Fsp3) is 0.611. The molecule has 0 aliphatic carbocycles. The highest BCUT2D eigenvalue weighted by atomic mass is 32.1. The Balaban J connectivity index is 2.51. The van der Waals surface area contributed by atoms with Crippen molar-refractivity contribution in [2.24, 2.45) is 0 Å². The van der Waals surface area contributed by atoms with Crippen molar-refractivity contribution in [3.05, 3.63) is 21.9 Å². The van der Waals surface area contributed by atoms with Crippen LogP contribution in [-0.4, -0.2) is 40.7 Å². The molecule has 1 rings (SSSR count). The molecular formula is C18H27NO4S. The van der Waals surface area contributed by atoms with Crippen molar-refractivity contribution in [2.45, 2.75) is 72.6 Å². The fourth-order valence-electron chi connectivity index (χ4n) is 2.54. The van der Waals surface area contributed by atoms with E-state index in [1.54, 1.807) is 17.9 Å². The Morgan fingerprint density at radius 2 is 1.62 bits per heavy atom. The third-order valence-corrected chi connectivity index (χ3v) is 4.64. The van der Waals surface area contributed by atoms with Crippen molar-refractivity contribution >= 4 is 29.0 Å². The van der Waals surface area contributed by atoms with Crippen molar-refractivity contribution in [1.29, 1.82) is 0 Å². The number of hydrogen-bond acceptors (Lipinski definition) is 5. The summed E-state index contributed by atoms with van der Waals surface area (Å²) in [7, 11) is 0. The van der Waals surface area contributed by atoms with Crippen LogP contribution in [0.15, 0.2) is 12.1 Å². The van der Waals surface area contributed by atoms with Gasteiger partial charge < -0.3 is 9.64 Å². The zero-order chi connectivity index (χ0) is 18.4. The van der Waals surface area contributed by atoms with Crippen LogP contribution in [0.3, 0.4) is 0 Å². The van der Waals surface area contributed by atoms with E-state index in [0.29, 0.717) is 4.88 Å². The van der Waals surface area contributed by atoms with Crippen LogP contribution in [0.1, 0.15) is 62.0 Å². The van der Waals surface area contributed by atoms with E-state index in [9.17, 15) is 14.4 Å². The van der Waals surface area contributed by atoms with E-state index in [1.807, 2.05) is 40.7 Å². The van der Waals surface area contributed by atoms with E-state index in [2.05, 4.69) is 0 Å². The summed E-state index contributed by atoms with van der Waals surface area (Å²) in [5, 5.41) is 0. The Bertz CT molecular complexity index is 584. The summed E-state index contributed by atoms with van der Waals surface area (Å²) in [6.07, 6.45) is -0.768. The molecule has 1 heterocycles. The lowest BCUT2D eigenvalue weighted by molar-refractivity contribution is -0.160. The zero-order valence-corrected chi connectivity index (χ0v) is 16.1. The molecule has 0 spiro atoms. The minimum atomic E-state index is -0.846. The van der Waals surface area contributed by atoms with Gasteiger partial charge in [0.05, 0.1) is 11.3 Å². The van der Waals surface area contributed by atoms with Crippen LogP contribution in [0.25, 0.3) is 0 Å². The normalized spacial score (nSPS) is 12.3. The van der Waals surface area contributed by atoms with Gasteiger partial charge in [0, 0.05) is 23.4 Å². The van der Waals surface area contributed by atoms with Crippen LogP contribution < -0.4 is 0 Å². The van der Waals surface area contributed by atoms with Crippen molar-refractivity contribution < 1.29 is 19.1 Å². The van der Waals surface area contributed by atoms with Gasteiger partial charge in [-0.2, -0.15) is 0 Å². The second-order valence-corrected chi connectivity index (χ2v) is 7.69. The van der Waals surface area contributed by atoms with Crippen LogP contribution in [0.5, 0.6) is 0 Å². The fourth-order valence-corrected chi connectivity index (χ4v) is 3.38. The quantitative estimate of drug-likeness (QED) is 0.529. The van der Waals surface area contributed by atoms with Gasteiger partial charge in [-0.3, -0.25) is 14.4 Å². The van der Waals surface area contributed by atoms with Gasteiger partial charge in [0.15, 0.2) is 11.9 Å². The van der Waals surface area contributed by atoms with E-state index in [-0.39, 0.29) is 36.6 Å². The van der Waals surface area contributed by atoms with E-state index in [0.717, 1.165) is 4.88 Å². The van der Waals surface area contributed by atoms with E-state index >= 15 is 0 Å². The lowest BCUT2D eigenvalue weighted by atomic mass is 10.2. The zero-order valence-electron chi connectivity index (χ0n) is 15.3. The molecule has 0 aromatic carbocycles. The molecule has 0 saturated heterocycles. The molecular weight excluding hydrogens is 326 g/mol. The number of ether oxygens (including phenoxy) is 1. The summed E-state index contributed by atoms with van der Waals surface area (Å²) in [6, 6.07) is 3.70. The second-order valence-electron chi connectivity index (χ2n) is 6.40. The van der Waals surface area contributed by atoms with Crippen LogP contribution in [-0.2, 0) is 14.3 Å². The predicted octanol–water partition coefficient (Wildman–Crippen LogP) is 3.60. The van der Waals surface area contributed by atoms with Crippen molar-refractivity contribution in [3.8, 4) is 0 Å². The molecule has 24 heavy (non-hydrogen) atoms. The molecule has 0 fully saturated rings. The SMILES string of the molecule is Cc1ccc(C(=O)CCC(=O)OC(C)C(=O)N(C(C)C)C(C)C)s1. The summed E-state index contributed by atoms with van der Waals surface area (Å²) >= 11 is 1.41. The standard InChI is InChI=1S/C18H27NO4S/c1-11(2)19(12(3)4)18(22)14(6)23-17(21)10-8-15(20)16-9-7-13(5)24-16/h7,9,11-12,14H,8,10H2,1-6H3. The van der Waals surface area contributed by atoms with Gasteiger partial charge in [0.2, 0.25) is 0 Å². The maximum Gasteiger partial charge on any atom is 0.307 e. The Kier molecular flexibility index (Phi) is 7.60. The Morgan fingerprint density at radius 3 is 2.08 bits per heavy atom. The summed E-state index contributed by atoms with van der Waals surface area (Å²) in [4.78, 5) is 39.7. The molecule has 5 nitrogen and oxygen atoms in total. The number of hydrogen-bond donors (Lipinski definition) is 0. The number of thiophene rings is 1. The van der Waals surface area contributed by atoms with Gasteiger partial charge in [-0.05, 0) is 53.7 Å². The molecule has 1 atom stereocenters. The molecule has 1 amide bonds. The number of amides is 1. The molecule has 0 aliphatic heterocycles. The summed E-state index contributed by atoms with van der Waals surface area (Å²) in [5.74, 6) is -0.812. The van der Waals surface area contributed by atoms with Gasteiger partial charge in [-0.1, -0.05) is 0 Å². The number of rotatable bonds is 8. The van der Waals surface area contributed by atoms with Crippen molar-refractivity contribution in [1.82, 2.24) is 4.90 Å². The highest BCUT2D eigenvalue weighted by Crippen LogP contribution is 2.18. The third-order valence-electron chi connectivity index (χ3n) is 3.59. The monoisotopic (exact) mass is 353 g/mol. The average molecular weight is 353 g/mol. The lowest BCUT2D eigenvalue weighted by Gasteiger charge is -2.32. The van der Waals surface area contributed by atoms with Crippen LogP contribution in [0.4, 0.5) is 0 Å². The predicted molar refractivity (Wildman–Crippen MR) is 95.3 cm³/mol. The summed E-state index contributed by atoms with van der Waals surface area (Å²) in [5.41, 5.74) is 0. The molecule has 1 unspecified atom stereocenters. The minimum Gasteiger partial charge on any atom is -0.453 e. The first-order chi connectivity index (χ1) is 11.1. The summed E-state index contributed by atoms with van der Waals surface area (Å²) in [6.45, 7) is 11.2. The molecule has 0 radical (unpaired) electrons. The molecule has 1 aromatic heterocycles. The molecule has 0 saturated carbocycles. The van der Waals surface area contributed by atoms with Gasteiger partial charge >= 0.3 is 5.97 Å². The van der Waals surface area contributed by atoms with E-state index in [1.165, 1.54) is 11.3 Å². The highest BCUT2D eigenvalue weighted by molar-refractivity contribution is 7.14. The molecule has 0 bridgehead atoms. The van der Waals surface area contributed by atoms with Crippen molar-refractivity contribution in [2.75, 3.05) is 0 Å². The number of carbonyl (C=O) groups excluding carboxylic acids is 3. The molecule has 0 N–H and O–H groups in total. The van der Waals surface area contributed by atoms with E-state index in [4.69, 9.17) is 4.74 Å². The van der Waals surface area contributed by atoms with Gasteiger partial charge in [-0.25, -0.2) is 0 Å². The number of aryl methyl sites for hydroxylation is 1. The number of nitrogens with zero attached hydrogens (tertiary/aromatic N) is 1. The van der Waals surface area contributed by atoms with E-state index < -0.39 is 12.1 Å². The Morgan fingerprint density at radius 1 is 1.04 bits per heavy atom. The smallest absolute Gasteiger partial charge is 0.307 e. The number of Topliss-reactive ketones (excluding diaryl/α,β-unsaturated/α-hetero) is 1.